The lowest BCUT2D eigenvalue weighted by Crippen LogP contribution is -2.15. The van der Waals surface area contributed by atoms with E-state index in [2.05, 4.69) is 5.48 Å². The zero-order valence-electron chi connectivity index (χ0n) is 7.71. The standard InChI is InChI=1S/C10H9FINO2/c11-8-3-6(1-2-9(8)12)10-4-7(5-14)15-13-10/h1-4,7,13-14H,5H2. The molecule has 2 N–H and O–H groups in total. The first-order valence-electron chi connectivity index (χ1n) is 4.40. The van der Waals surface area contributed by atoms with E-state index in [1.165, 1.54) is 6.07 Å². The Balaban J connectivity index is 2.27. The molecule has 5 heteroatoms. The van der Waals surface area contributed by atoms with Crippen molar-refractivity contribution in [3.63, 3.8) is 0 Å². The van der Waals surface area contributed by atoms with Crippen LogP contribution < -0.4 is 5.48 Å². The Kier molecular flexibility index (Phi) is 3.22. The van der Waals surface area contributed by atoms with Crippen molar-refractivity contribution in [3.05, 3.63) is 39.2 Å². The highest BCUT2D eigenvalue weighted by molar-refractivity contribution is 14.1. The molecule has 0 bridgehead atoms. The van der Waals surface area contributed by atoms with E-state index >= 15 is 0 Å². The molecule has 1 aromatic carbocycles. The van der Waals surface area contributed by atoms with Crippen LogP contribution in [0, 0.1) is 9.39 Å². The topological polar surface area (TPSA) is 41.5 Å². The number of hydrogen-bond donors (Lipinski definition) is 2. The number of halogens is 2. The van der Waals surface area contributed by atoms with Crippen LogP contribution in [0.15, 0.2) is 24.3 Å². The van der Waals surface area contributed by atoms with Crippen molar-refractivity contribution < 1.29 is 14.3 Å². The van der Waals surface area contributed by atoms with Crippen LogP contribution >= 0.6 is 22.6 Å². The minimum Gasteiger partial charge on any atom is -0.393 e. The molecule has 0 spiro atoms. The summed E-state index contributed by atoms with van der Waals surface area (Å²) in [5.41, 5.74) is 4.05. The fraction of sp³-hybridized carbons (Fsp3) is 0.200. The van der Waals surface area contributed by atoms with Gasteiger partial charge in [0.15, 0.2) is 0 Å². The first kappa shape index (κ1) is 10.8. The number of aliphatic hydroxyl groups excluding tert-OH is 1. The number of rotatable bonds is 2. The van der Waals surface area contributed by atoms with Gasteiger partial charge in [0.05, 0.1) is 12.3 Å². The van der Waals surface area contributed by atoms with Gasteiger partial charge in [0.2, 0.25) is 0 Å². The minimum absolute atomic E-state index is 0.0939. The molecule has 1 aliphatic heterocycles. The van der Waals surface area contributed by atoms with Gasteiger partial charge in [0, 0.05) is 9.13 Å². The van der Waals surface area contributed by atoms with Crippen LogP contribution in [0.3, 0.4) is 0 Å². The normalized spacial score (nSPS) is 19.9. The first-order chi connectivity index (χ1) is 7.20. The van der Waals surface area contributed by atoms with Crippen molar-refractivity contribution >= 4 is 28.3 Å². The predicted molar refractivity (Wildman–Crippen MR) is 62.2 cm³/mol. The van der Waals surface area contributed by atoms with Gasteiger partial charge in [-0.1, -0.05) is 6.07 Å². The lowest BCUT2D eigenvalue weighted by molar-refractivity contribution is 0.0173. The maximum atomic E-state index is 13.3. The van der Waals surface area contributed by atoms with E-state index in [0.29, 0.717) is 14.8 Å². The maximum Gasteiger partial charge on any atom is 0.137 e. The van der Waals surface area contributed by atoms with E-state index in [1.807, 2.05) is 22.6 Å². The molecule has 0 amide bonds. The summed E-state index contributed by atoms with van der Waals surface area (Å²) in [7, 11) is 0. The second kappa shape index (κ2) is 4.46. The molecule has 1 aromatic rings. The zero-order valence-corrected chi connectivity index (χ0v) is 9.86. The maximum absolute atomic E-state index is 13.3. The summed E-state index contributed by atoms with van der Waals surface area (Å²) in [6.07, 6.45) is 1.36. The number of benzene rings is 1. The van der Waals surface area contributed by atoms with Crippen LogP contribution in [-0.2, 0) is 4.84 Å². The lowest BCUT2D eigenvalue weighted by atomic mass is 10.1. The summed E-state index contributed by atoms with van der Waals surface area (Å²) in [6.45, 7) is -0.0939. The molecule has 0 saturated heterocycles. The Labute approximate surface area is 100 Å². The van der Waals surface area contributed by atoms with Gasteiger partial charge in [-0.05, 0) is 40.8 Å². The summed E-state index contributed by atoms with van der Waals surface area (Å²) < 4.78 is 13.8. The highest BCUT2D eigenvalue weighted by atomic mass is 127. The second-order valence-corrected chi connectivity index (χ2v) is 4.31. The first-order valence-corrected chi connectivity index (χ1v) is 5.48. The zero-order chi connectivity index (χ0) is 10.8. The highest BCUT2D eigenvalue weighted by Crippen LogP contribution is 2.21. The van der Waals surface area contributed by atoms with Gasteiger partial charge in [-0.2, -0.15) is 0 Å². The Morgan fingerprint density at radius 1 is 1.53 bits per heavy atom. The average molecular weight is 321 g/mol. The smallest absolute Gasteiger partial charge is 0.137 e. The molecule has 0 saturated carbocycles. The van der Waals surface area contributed by atoms with Gasteiger partial charge < -0.3 is 5.11 Å². The fourth-order valence-corrected chi connectivity index (χ4v) is 1.64. The molecule has 0 aliphatic carbocycles. The molecule has 0 fully saturated rings. The van der Waals surface area contributed by atoms with Crippen molar-refractivity contribution in [1.29, 1.82) is 0 Å². The number of hydroxylamine groups is 1. The lowest BCUT2D eigenvalue weighted by Gasteiger charge is -2.04. The molecule has 15 heavy (non-hydrogen) atoms. The number of aliphatic hydroxyl groups is 1. The number of nitrogens with one attached hydrogen (secondary N) is 1. The molecule has 3 nitrogen and oxygen atoms in total. The largest absolute Gasteiger partial charge is 0.393 e. The quantitative estimate of drug-likeness (QED) is 0.814. The van der Waals surface area contributed by atoms with Gasteiger partial charge in [0.25, 0.3) is 0 Å². The Hall–Kier alpha value is -0.660. The van der Waals surface area contributed by atoms with E-state index in [-0.39, 0.29) is 18.5 Å². The Morgan fingerprint density at radius 3 is 2.93 bits per heavy atom. The third-order valence-corrected chi connectivity index (χ3v) is 2.96. The third kappa shape index (κ3) is 2.30. The molecule has 1 unspecified atom stereocenters. The molecule has 80 valence electrons. The molecule has 0 aromatic heterocycles. The van der Waals surface area contributed by atoms with E-state index in [9.17, 15) is 4.39 Å². The summed E-state index contributed by atoms with van der Waals surface area (Å²) in [5, 5.41) is 8.84. The van der Waals surface area contributed by atoms with Crippen LogP contribution in [-0.4, -0.2) is 17.8 Å². The van der Waals surface area contributed by atoms with Crippen molar-refractivity contribution in [2.45, 2.75) is 6.10 Å². The van der Waals surface area contributed by atoms with Crippen molar-refractivity contribution in [1.82, 2.24) is 5.48 Å². The Morgan fingerprint density at radius 2 is 2.33 bits per heavy atom. The SMILES string of the molecule is OCC1C=C(c2ccc(I)c(F)c2)NO1. The van der Waals surface area contributed by atoms with E-state index in [1.54, 1.807) is 18.2 Å². The molecule has 0 radical (unpaired) electrons. The molecule has 1 heterocycles. The van der Waals surface area contributed by atoms with Crippen LogP contribution in [0.1, 0.15) is 5.56 Å². The summed E-state index contributed by atoms with van der Waals surface area (Å²) in [6, 6.07) is 4.93. The van der Waals surface area contributed by atoms with Crippen LogP contribution in [0.2, 0.25) is 0 Å². The van der Waals surface area contributed by atoms with Crippen LogP contribution in [0.25, 0.3) is 5.70 Å². The highest BCUT2D eigenvalue weighted by Gasteiger charge is 2.16. The van der Waals surface area contributed by atoms with Crippen LogP contribution in [0.4, 0.5) is 4.39 Å². The van der Waals surface area contributed by atoms with Gasteiger partial charge in [0.1, 0.15) is 11.9 Å². The summed E-state index contributed by atoms with van der Waals surface area (Å²) >= 11 is 1.93. The summed E-state index contributed by atoms with van der Waals surface area (Å²) in [5.74, 6) is -0.261. The van der Waals surface area contributed by atoms with Crippen molar-refractivity contribution in [3.8, 4) is 0 Å². The van der Waals surface area contributed by atoms with Crippen molar-refractivity contribution in [2.24, 2.45) is 0 Å². The molecular formula is C10H9FINO2. The monoisotopic (exact) mass is 321 g/mol. The van der Waals surface area contributed by atoms with Crippen molar-refractivity contribution in [2.75, 3.05) is 6.61 Å². The second-order valence-electron chi connectivity index (χ2n) is 3.15. The van der Waals surface area contributed by atoms with E-state index in [4.69, 9.17) is 9.94 Å². The Bertz CT molecular complexity index is 408. The molecule has 2 rings (SSSR count). The van der Waals surface area contributed by atoms with Gasteiger partial charge in [-0.3, -0.25) is 10.3 Å². The molecule has 1 aliphatic rings. The van der Waals surface area contributed by atoms with Gasteiger partial charge in [-0.15, -0.1) is 0 Å². The third-order valence-electron chi connectivity index (χ3n) is 2.08. The average Bonchev–Trinajstić information content (AvgIpc) is 2.70. The summed E-state index contributed by atoms with van der Waals surface area (Å²) in [4.78, 5) is 5.02. The van der Waals surface area contributed by atoms with Crippen LogP contribution in [0.5, 0.6) is 0 Å². The number of hydrogen-bond acceptors (Lipinski definition) is 3. The molecule has 1 atom stereocenters. The minimum atomic E-state index is -0.359. The van der Waals surface area contributed by atoms with E-state index < -0.39 is 0 Å². The van der Waals surface area contributed by atoms with E-state index in [0.717, 1.165) is 0 Å². The molecular weight excluding hydrogens is 312 g/mol. The fourth-order valence-electron chi connectivity index (χ4n) is 1.30. The predicted octanol–water partition coefficient (Wildman–Crippen LogP) is 1.67. The van der Waals surface area contributed by atoms with Gasteiger partial charge in [-0.25, -0.2) is 4.39 Å². The van der Waals surface area contributed by atoms with Gasteiger partial charge >= 0.3 is 0 Å².